The van der Waals surface area contributed by atoms with Crippen molar-refractivity contribution >= 4 is 38.9 Å². The number of aromatic nitrogens is 1. The van der Waals surface area contributed by atoms with E-state index >= 15 is 0 Å². The van der Waals surface area contributed by atoms with E-state index in [1.165, 1.54) is 105 Å². The van der Waals surface area contributed by atoms with Gasteiger partial charge in [0, 0.05) is 33.1 Å². The van der Waals surface area contributed by atoms with Gasteiger partial charge in [0.25, 0.3) is 0 Å². The van der Waals surface area contributed by atoms with Crippen LogP contribution < -0.4 is 4.90 Å². The van der Waals surface area contributed by atoms with E-state index in [1.807, 2.05) is 0 Å². The molecule has 2 nitrogen and oxygen atoms in total. The topological polar surface area (TPSA) is 8.17 Å². The van der Waals surface area contributed by atoms with Crippen LogP contribution in [0.15, 0.2) is 231 Å². The molecule has 11 aromatic rings. The highest BCUT2D eigenvalue weighted by molar-refractivity contribution is 6.13. The lowest BCUT2D eigenvalue weighted by atomic mass is 9.65. The van der Waals surface area contributed by atoms with Gasteiger partial charge >= 0.3 is 0 Å². The van der Waals surface area contributed by atoms with Gasteiger partial charge in [-0.15, -0.1) is 0 Å². The summed E-state index contributed by atoms with van der Waals surface area (Å²) in [4.78, 5) is 2.49. The number of nitrogens with zero attached hydrogens (tertiary/aromatic N) is 2. The van der Waals surface area contributed by atoms with Crippen LogP contribution in [0.1, 0.15) is 47.2 Å². The molecule has 0 fully saturated rings. The largest absolute Gasteiger partial charge is 0.310 e. The standard InChI is InChI=1S/C64H44N2/c1-63(2)53-27-10-6-23-47(53)49-37-35-45(40-57(49)63)65(44-21-16-20-42(38-44)41-18-4-3-5-19-41)59-31-13-8-22-46(59)43-34-36-50-48-24-7-11-28-54(48)64(58(50)39-43)55-29-12-15-33-61(55)66-60-32-14-9-25-51(60)52-26-17-30-56(64)62(52)66/h3-40H,1-2H3. The molecule has 310 valence electrons. The number of benzene rings is 10. The molecule has 14 rings (SSSR count). The zero-order valence-electron chi connectivity index (χ0n) is 36.8. The molecule has 1 aromatic heterocycles. The van der Waals surface area contributed by atoms with Crippen molar-refractivity contribution in [2.45, 2.75) is 24.7 Å². The summed E-state index contributed by atoms with van der Waals surface area (Å²) in [6.07, 6.45) is 0. The molecular formula is C64H44N2. The van der Waals surface area contributed by atoms with Crippen LogP contribution in [0.4, 0.5) is 17.1 Å². The van der Waals surface area contributed by atoms with Crippen LogP contribution in [0.2, 0.25) is 0 Å². The van der Waals surface area contributed by atoms with Crippen molar-refractivity contribution in [3.05, 3.63) is 264 Å². The highest BCUT2D eigenvalue weighted by Crippen LogP contribution is 2.62. The van der Waals surface area contributed by atoms with Gasteiger partial charge in [-0.1, -0.05) is 196 Å². The minimum absolute atomic E-state index is 0.146. The van der Waals surface area contributed by atoms with Gasteiger partial charge in [0.2, 0.25) is 0 Å². The Balaban J connectivity index is 1.02. The van der Waals surface area contributed by atoms with Crippen molar-refractivity contribution < 1.29 is 0 Å². The Kier molecular flexibility index (Phi) is 7.70. The summed E-state index contributed by atoms with van der Waals surface area (Å²) in [5, 5.41) is 2.57. The van der Waals surface area contributed by atoms with E-state index < -0.39 is 5.41 Å². The fraction of sp³-hybridized carbons (Fsp3) is 0.0625. The van der Waals surface area contributed by atoms with Crippen molar-refractivity contribution in [1.82, 2.24) is 4.57 Å². The minimum Gasteiger partial charge on any atom is -0.310 e. The second-order valence-electron chi connectivity index (χ2n) is 18.8. The molecule has 66 heavy (non-hydrogen) atoms. The molecule has 0 saturated heterocycles. The predicted molar refractivity (Wildman–Crippen MR) is 275 cm³/mol. The zero-order valence-corrected chi connectivity index (χ0v) is 36.8. The van der Waals surface area contributed by atoms with E-state index in [0.717, 1.165) is 17.1 Å². The summed E-state index contributed by atoms with van der Waals surface area (Å²) < 4.78 is 2.53. The average Bonchev–Trinajstić information content (AvgIpc) is 3.95. The lowest BCUT2D eigenvalue weighted by Gasteiger charge is -2.39. The Morgan fingerprint density at radius 3 is 1.80 bits per heavy atom. The summed E-state index contributed by atoms with van der Waals surface area (Å²) >= 11 is 0. The maximum atomic E-state index is 2.53. The third-order valence-corrected chi connectivity index (χ3v) is 15.2. The molecule has 1 spiro atoms. The third kappa shape index (κ3) is 4.91. The highest BCUT2D eigenvalue weighted by Gasteiger charge is 2.51. The number of fused-ring (bicyclic) bond motifs is 15. The molecule has 10 aromatic carbocycles. The van der Waals surface area contributed by atoms with E-state index in [0.29, 0.717) is 0 Å². The molecule has 2 heteroatoms. The molecule has 0 radical (unpaired) electrons. The van der Waals surface area contributed by atoms with Gasteiger partial charge in [0.05, 0.1) is 27.8 Å². The Morgan fingerprint density at radius 1 is 0.348 bits per heavy atom. The quantitative estimate of drug-likeness (QED) is 0.168. The van der Waals surface area contributed by atoms with Crippen molar-refractivity contribution in [2.75, 3.05) is 4.90 Å². The molecule has 0 amide bonds. The number of anilines is 3. The van der Waals surface area contributed by atoms with E-state index in [4.69, 9.17) is 0 Å². The van der Waals surface area contributed by atoms with Crippen molar-refractivity contribution in [1.29, 1.82) is 0 Å². The Bertz CT molecular complexity index is 3810. The zero-order chi connectivity index (χ0) is 43.7. The molecule has 0 saturated carbocycles. The second kappa shape index (κ2) is 13.7. The first kappa shape index (κ1) is 37.2. The average molecular weight is 841 g/mol. The number of para-hydroxylation sites is 4. The van der Waals surface area contributed by atoms with Gasteiger partial charge in [0.15, 0.2) is 0 Å². The second-order valence-corrected chi connectivity index (χ2v) is 18.8. The van der Waals surface area contributed by atoms with Crippen LogP contribution in [0.3, 0.4) is 0 Å². The maximum Gasteiger partial charge on any atom is 0.0754 e. The molecular weight excluding hydrogens is 797 g/mol. The number of hydrogen-bond donors (Lipinski definition) is 0. The van der Waals surface area contributed by atoms with Crippen molar-refractivity contribution in [3.63, 3.8) is 0 Å². The first-order valence-electron chi connectivity index (χ1n) is 23.2. The molecule has 1 atom stereocenters. The van der Waals surface area contributed by atoms with Crippen molar-refractivity contribution in [2.24, 2.45) is 0 Å². The molecule has 2 aliphatic carbocycles. The van der Waals surface area contributed by atoms with Gasteiger partial charge in [-0.2, -0.15) is 0 Å². The number of hydrogen-bond acceptors (Lipinski definition) is 1. The van der Waals surface area contributed by atoms with E-state index in [2.05, 4.69) is 254 Å². The fourth-order valence-electron chi connectivity index (χ4n) is 12.4. The van der Waals surface area contributed by atoms with Crippen LogP contribution in [-0.2, 0) is 10.8 Å². The van der Waals surface area contributed by atoms with Crippen LogP contribution >= 0.6 is 0 Å². The van der Waals surface area contributed by atoms with Crippen LogP contribution in [0, 0.1) is 0 Å². The molecule has 3 aliphatic rings. The first-order valence-corrected chi connectivity index (χ1v) is 23.2. The Hall–Kier alpha value is -8.20. The Labute approximate surface area is 385 Å². The molecule has 2 heterocycles. The number of rotatable bonds is 5. The molecule has 0 N–H and O–H groups in total. The van der Waals surface area contributed by atoms with Crippen LogP contribution in [0.25, 0.3) is 72.0 Å². The monoisotopic (exact) mass is 840 g/mol. The summed E-state index contributed by atoms with van der Waals surface area (Å²) in [6, 6.07) is 86.4. The third-order valence-electron chi connectivity index (χ3n) is 15.2. The summed E-state index contributed by atoms with van der Waals surface area (Å²) in [5.41, 5.74) is 24.5. The minimum atomic E-state index is -0.540. The van der Waals surface area contributed by atoms with Crippen molar-refractivity contribution in [3.8, 4) is 50.2 Å². The van der Waals surface area contributed by atoms with Gasteiger partial charge in [-0.3, -0.25) is 0 Å². The van der Waals surface area contributed by atoms with Gasteiger partial charge in [-0.05, 0) is 121 Å². The summed E-state index contributed by atoms with van der Waals surface area (Å²) in [7, 11) is 0. The summed E-state index contributed by atoms with van der Waals surface area (Å²) in [5.74, 6) is 0. The lowest BCUT2D eigenvalue weighted by molar-refractivity contribution is 0.660. The van der Waals surface area contributed by atoms with E-state index in [1.54, 1.807) is 0 Å². The highest BCUT2D eigenvalue weighted by atomic mass is 15.1. The maximum absolute atomic E-state index is 2.53. The lowest BCUT2D eigenvalue weighted by Crippen LogP contribution is -2.33. The SMILES string of the molecule is CC1(C)c2ccccc2-c2ccc(N(c3cccc(-c4ccccc4)c3)c3ccccc3-c3ccc4c(c3)C3(c5ccccc5-4)c4ccccc4-n4c5ccccc5c5cccc3c54)cc21. The molecule has 1 aliphatic heterocycles. The van der Waals surface area contributed by atoms with E-state index in [9.17, 15) is 0 Å². The molecule has 0 bridgehead atoms. The predicted octanol–water partition coefficient (Wildman–Crippen LogP) is 16.6. The van der Waals surface area contributed by atoms with Crippen LogP contribution in [-0.4, -0.2) is 4.57 Å². The smallest absolute Gasteiger partial charge is 0.0754 e. The molecule has 1 unspecified atom stereocenters. The summed E-state index contributed by atoms with van der Waals surface area (Å²) in [6.45, 7) is 4.75. The van der Waals surface area contributed by atoms with Gasteiger partial charge in [0.1, 0.15) is 0 Å². The normalized spacial score (nSPS) is 15.6. The van der Waals surface area contributed by atoms with Crippen LogP contribution in [0.5, 0.6) is 0 Å². The van der Waals surface area contributed by atoms with E-state index in [-0.39, 0.29) is 5.41 Å². The fourth-order valence-corrected chi connectivity index (χ4v) is 12.4. The van der Waals surface area contributed by atoms with Gasteiger partial charge in [-0.25, -0.2) is 0 Å². The van der Waals surface area contributed by atoms with Gasteiger partial charge < -0.3 is 9.47 Å². The Morgan fingerprint density at radius 2 is 0.939 bits per heavy atom. The first-order chi connectivity index (χ1) is 32.5.